The van der Waals surface area contributed by atoms with Gasteiger partial charge in [-0.3, -0.25) is 0 Å². The summed E-state index contributed by atoms with van der Waals surface area (Å²) in [6.45, 7) is 5.44. The van der Waals surface area contributed by atoms with Crippen molar-refractivity contribution in [3.05, 3.63) is 71.8 Å². The maximum absolute atomic E-state index is 13.6. The third-order valence-electron chi connectivity index (χ3n) is 3.91. The average molecular weight is 394 g/mol. The van der Waals surface area contributed by atoms with Gasteiger partial charge in [-0.05, 0) is 42.3 Å². The summed E-state index contributed by atoms with van der Waals surface area (Å²) in [5.74, 6) is -1.95. The van der Waals surface area contributed by atoms with Crippen molar-refractivity contribution in [3.63, 3.8) is 0 Å². The second kappa shape index (κ2) is 9.30. The number of halogens is 3. The number of hydrogen-bond donors (Lipinski definition) is 1. The molecule has 0 aliphatic rings. The number of phenolic OH excluding ortho intramolecular Hbond substituents is 1. The number of alkyl halides is 3. The zero-order valence-corrected chi connectivity index (χ0v) is 15.3. The fraction of sp³-hybridized carbons (Fsp3) is 0.286. The number of rotatable bonds is 8. The molecule has 150 valence electrons. The molecule has 1 unspecified atom stereocenters. The van der Waals surface area contributed by atoms with Crippen molar-refractivity contribution in [2.24, 2.45) is 0 Å². The molecule has 0 bridgehead atoms. The molecule has 0 spiro atoms. The lowest BCUT2D eigenvalue weighted by atomic mass is 9.90. The molecule has 0 fully saturated rings. The van der Waals surface area contributed by atoms with Gasteiger partial charge in [0.1, 0.15) is 17.4 Å². The Morgan fingerprint density at radius 1 is 1.04 bits per heavy atom. The molecular weight excluding hydrogens is 373 g/mol. The zero-order chi connectivity index (χ0) is 20.7. The number of carbonyl (C=O) groups is 1. The summed E-state index contributed by atoms with van der Waals surface area (Å²) in [6.07, 6.45) is -4.04. The molecule has 0 aliphatic carbocycles. The van der Waals surface area contributed by atoms with Gasteiger partial charge in [0, 0.05) is 12.0 Å². The first-order chi connectivity index (χ1) is 13.2. The highest BCUT2D eigenvalue weighted by atomic mass is 19.4. The lowest BCUT2D eigenvalue weighted by Crippen LogP contribution is -2.21. The Bertz CT molecular complexity index is 796. The highest BCUT2D eigenvalue weighted by molar-refractivity contribution is 5.86. The zero-order valence-electron chi connectivity index (χ0n) is 15.3. The molecule has 1 N–H and O–H groups in total. The van der Waals surface area contributed by atoms with Crippen LogP contribution in [0.15, 0.2) is 60.7 Å². The van der Waals surface area contributed by atoms with Crippen LogP contribution in [-0.4, -0.2) is 30.5 Å². The monoisotopic (exact) mass is 394 g/mol. The van der Waals surface area contributed by atoms with Crippen molar-refractivity contribution in [1.82, 2.24) is 0 Å². The quantitative estimate of drug-likeness (QED) is 0.390. The summed E-state index contributed by atoms with van der Waals surface area (Å²) in [7, 11) is 0. The fourth-order valence-electron chi connectivity index (χ4n) is 2.53. The first-order valence-electron chi connectivity index (χ1n) is 8.59. The van der Waals surface area contributed by atoms with Crippen LogP contribution in [0.2, 0.25) is 0 Å². The smallest absolute Gasteiger partial charge is 0.399 e. The molecule has 0 heterocycles. The van der Waals surface area contributed by atoms with E-state index in [1.807, 2.05) is 0 Å². The van der Waals surface area contributed by atoms with Crippen LogP contribution in [-0.2, 0) is 9.53 Å². The molecule has 0 radical (unpaired) electrons. The Hall–Kier alpha value is -2.96. The Labute approximate surface area is 161 Å². The number of carbonyl (C=O) groups excluding carboxylic acids is 1. The number of ether oxygens (including phenoxy) is 2. The Kier molecular flexibility index (Phi) is 7.09. The molecule has 0 saturated carbocycles. The molecule has 0 aliphatic heterocycles. The minimum absolute atomic E-state index is 0.0401. The number of esters is 1. The molecule has 0 aromatic heterocycles. The lowest BCUT2D eigenvalue weighted by Gasteiger charge is -2.21. The fourth-order valence-corrected chi connectivity index (χ4v) is 2.53. The van der Waals surface area contributed by atoms with Crippen LogP contribution in [0.3, 0.4) is 0 Å². The van der Waals surface area contributed by atoms with E-state index in [0.717, 1.165) is 0 Å². The lowest BCUT2D eigenvalue weighted by molar-refractivity contribution is -0.141. The van der Waals surface area contributed by atoms with E-state index in [9.17, 15) is 23.1 Å². The van der Waals surface area contributed by atoms with Gasteiger partial charge >= 0.3 is 12.1 Å². The van der Waals surface area contributed by atoms with E-state index in [-0.39, 0.29) is 30.1 Å². The summed E-state index contributed by atoms with van der Waals surface area (Å²) < 4.78 is 51.1. The summed E-state index contributed by atoms with van der Waals surface area (Å²) in [5, 5.41) is 9.30. The Morgan fingerprint density at radius 3 is 2.07 bits per heavy atom. The van der Waals surface area contributed by atoms with Gasteiger partial charge in [-0.25, -0.2) is 4.79 Å². The molecule has 2 aromatic rings. The minimum Gasteiger partial charge on any atom is -0.508 e. The summed E-state index contributed by atoms with van der Waals surface area (Å²) in [4.78, 5) is 11.2. The molecule has 4 nitrogen and oxygen atoms in total. The van der Waals surface area contributed by atoms with Gasteiger partial charge in [0.2, 0.25) is 0 Å². The summed E-state index contributed by atoms with van der Waals surface area (Å²) >= 11 is 0. The van der Waals surface area contributed by atoms with Crippen LogP contribution in [0.25, 0.3) is 0 Å². The third kappa shape index (κ3) is 6.04. The van der Waals surface area contributed by atoms with Crippen molar-refractivity contribution >= 4 is 5.97 Å². The predicted molar refractivity (Wildman–Crippen MR) is 98.3 cm³/mol. The van der Waals surface area contributed by atoms with E-state index in [2.05, 4.69) is 6.58 Å². The van der Waals surface area contributed by atoms with Crippen molar-refractivity contribution < 1.29 is 32.5 Å². The SMILES string of the molecule is C=C(C)C(=O)OCCCOc1ccc(C(c2ccc(O)cc2)C(F)(F)F)cc1. The Balaban J connectivity index is 1.98. The highest BCUT2D eigenvalue weighted by Gasteiger charge is 2.41. The van der Waals surface area contributed by atoms with E-state index in [1.165, 1.54) is 48.5 Å². The van der Waals surface area contributed by atoms with Gasteiger partial charge in [-0.15, -0.1) is 0 Å². The Morgan fingerprint density at radius 2 is 1.57 bits per heavy atom. The van der Waals surface area contributed by atoms with Crippen LogP contribution in [0.1, 0.15) is 30.4 Å². The summed E-state index contributed by atoms with van der Waals surface area (Å²) in [6, 6.07) is 10.6. The van der Waals surface area contributed by atoms with Gasteiger partial charge in [-0.1, -0.05) is 30.8 Å². The van der Waals surface area contributed by atoms with Crippen molar-refractivity contribution in [2.45, 2.75) is 25.4 Å². The number of benzene rings is 2. The molecule has 1 atom stereocenters. The van der Waals surface area contributed by atoms with E-state index in [0.29, 0.717) is 17.7 Å². The molecule has 7 heteroatoms. The molecule has 2 rings (SSSR count). The number of aromatic hydroxyl groups is 1. The van der Waals surface area contributed by atoms with Crippen molar-refractivity contribution in [3.8, 4) is 11.5 Å². The van der Waals surface area contributed by atoms with E-state index in [4.69, 9.17) is 9.47 Å². The normalized spacial score (nSPS) is 12.3. The maximum Gasteiger partial charge on any atom is 0.399 e. The third-order valence-corrected chi connectivity index (χ3v) is 3.91. The van der Waals surface area contributed by atoms with E-state index >= 15 is 0 Å². The van der Waals surface area contributed by atoms with Gasteiger partial charge in [0.15, 0.2) is 0 Å². The van der Waals surface area contributed by atoms with Crippen LogP contribution in [0, 0.1) is 0 Å². The van der Waals surface area contributed by atoms with Crippen molar-refractivity contribution in [1.29, 1.82) is 0 Å². The predicted octanol–water partition coefficient (Wildman–Crippen LogP) is 4.97. The molecular formula is C21H21F3O4. The molecule has 2 aromatic carbocycles. The standard InChI is InChI=1S/C21H21F3O4/c1-14(2)20(26)28-13-3-12-27-18-10-6-16(7-11-18)19(21(22,23)24)15-4-8-17(25)9-5-15/h4-11,19,25H,1,3,12-13H2,2H3. The second-order valence-electron chi connectivity index (χ2n) is 6.25. The van der Waals surface area contributed by atoms with Gasteiger partial charge in [-0.2, -0.15) is 13.2 Å². The first-order valence-corrected chi connectivity index (χ1v) is 8.59. The van der Waals surface area contributed by atoms with Gasteiger partial charge in [0.25, 0.3) is 0 Å². The van der Waals surface area contributed by atoms with Crippen LogP contribution >= 0.6 is 0 Å². The largest absolute Gasteiger partial charge is 0.508 e. The van der Waals surface area contributed by atoms with Gasteiger partial charge in [0.05, 0.1) is 13.2 Å². The van der Waals surface area contributed by atoms with Crippen molar-refractivity contribution in [2.75, 3.05) is 13.2 Å². The van der Waals surface area contributed by atoms with E-state index in [1.54, 1.807) is 6.92 Å². The number of phenols is 1. The highest BCUT2D eigenvalue weighted by Crippen LogP contribution is 2.40. The van der Waals surface area contributed by atoms with Crippen LogP contribution in [0.4, 0.5) is 13.2 Å². The van der Waals surface area contributed by atoms with E-state index < -0.39 is 18.1 Å². The second-order valence-corrected chi connectivity index (χ2v) is 6.25. The first kappa shape index (κ1) is 21.3. The van der Waals surface area contributed by atoms with Gasteiger partial charge < -0.3 is 14.6 Å². The summed E-state index contributed by atoms with van der Waals surface area (Å²) in [5.41, 5.74) is 0.420. The minimum atomic E-state index is -4.48. The molecule has 0 saturated heterocycles. The van der Waals surface area contributed by atoms with Crippen LogP contribution < -0.4 is 4.74 Å². The average Bonchev–Trinajstić information content (AvgIpc) is 2.63. The maximum atomic E-state index is 13.6. The molecule has 0 amide bonds. The molecule has 28 heavy (non-hydrogen) atoms. The topological polar surface area (TPSA) is 55.8 Å². The number of hydrogen-bond acceptors (Lipinski definition) is 4. The van der Waals surface area contributed by atoms with Crippen LogP contribution in [0.5, 0.6) is 11.5 Å².